The second-order valence-electron chi connectivity index (χ2n) is 6.47. The van der Waals surface area contributed by atoms with Crippen LogP contribution in [0, 0.1) is 20.8 Å². The summed E-state index contributed by atoms with van der Waals surface area (Å²) in [5.74, 6) is 1.50. The highest BCUT2D eigenvalue weighted by Crippen LogP contribution is 2.24. The quantitative estimate of drug-likeness (QED) is 0.568. The number of halogens is 1. The molecule has 0 aliphatic rings. The molecule has 0 unspecified atom stereocenters. The number of amides is 1. The smallest absolute Gasteiger partial charge is 0.234 e. The molecule has 27 heavy (non-hydrogen) atoms. The molecule has 2 aromatic carbocycles. The molecule has 1 N–H and O–H groups in total. The van der Waals surface area contributed by atoms with Crippen molar-refractivity contribution in [3.63, 3.8) is 0 Å². The Bertz CT molecular complexity index is 928. The van der Waals surface area contributed by atoms with Crippen molar-refractivity contribution in [1.82, 2.24) is 4.98 Å². The van der Waals surface area contributed by atoms with Gasteiger partial charge in [-0.1, -0.05) is 29.3 Å². The van der Waals surface area contributed by atoms with Crippen LogP contribution in [0.1, 0.15) is 22.4 Å². The molecule has 3 rings (SSSR count). The van der Waals surface area contributed by atoms with Gasteiger partial charge in [-0.05, 0) is 56.2 Å². The van der Waals surface area contributed by atoms with Crippen LogP contribution in [0.15, 0.2) is 47.1 Å². The van der Waals surface area contributed by atoms with Crippen molar-refractivity contribution >= 4 is 35.0 Å². The second-order valence-corrected chi connectivity index (χ2v) is 7.89. The Morgan fingerprint density at radius 3 is 2.48 bits per heavy atom. The van der Waals surface area contributed by atoms with E-state index < -0.39 is 0 Å². The first kappa shape index (κ1) is 19.5. The van der Waals surface area contributed by atoms with Crippen LogP contribution in [-0.4, -0.2) is 16.6 Å². The maximum atomic E-state index is 12.3. The summed E-state index contributed by atoms with van der Waals surface area (Å²) in [7, 11) is 0. The number of hydrogen-bond acceptors (Lipinski definition) is 4. The number of thioether (sulfide) groups is 1. The summed E-state index contributed by atoms with van der Waals surface area (Å²) in [5, 5.41) is 3.68. The molecule has 0 aliphatic carbocycles. The number of oxazole rings is 1. The number of nitrogens with zero attached hydrogens (tertiary/aromatic N) is 1. The summed E-state index contributed by atoms with van der Waals surface area (Å²) in [6, 6.07) is 11.5. The van der Waals surface area contributed by atoms with Crippen molar-refractivity contribution in [2.24, 2.45) is 0 Å². The Kier molecular flexibility index (Phi) is 6.24. The molecule has 0 radical (unpaired) electrons. The van der Waals surface area contributed by atoms with Gasteiger partial charge in [-0.3, -0.25) is 4.79 Å². The topological polar surface area (TPSA) is 55.1 Å². The zero-order valence-electron chi connectivity index (χ0n) is 15.5. The number of carbonyl (C=O) groups is 1. The van der Waals surface area contributed by atoms with Gasteiger partial charge in [-0.15, -0.1) is 11.8 Å². The summed E-state index contributed by atoms with van der Waals surface area (Å²) < 4.78 is 5.52. The van der Waals surface area contributed by atoms with Crippen molar-refractivity contribution in [1.29, 1.82) is 0 Å². The lowest BCUT2D eigenvalue weighted by Crippen LogP contribution is -2.16. The molecule has 140 valence electrons. The molecule has 0 bridgehead atoms. The molecule has 1 aromatic heterocycles. The molecule has 3 aromatic rings. The zero-order valence-corrected chi connectivity index (χ0v) is 17.1. The van der Waals surface area contributed by atoms with E-state index in [1.54, 1.807) is 18.4 Å². The lowest BCUT2D eigenvalue weighted by Gasteiger charge is -2.12. The van der Waals surface area contributed by atoms with Crippen molar-refractivity contribution in [2.45, 2.75) is 26.5 Å². The predicted octanol–water partition coefficient (Wildman–Crippen LogP) is 5.79. The van der Waals surface area contributed by atoms with E-state index in [2.05, 4.69) is 29.4 Å². The SMILES string of the molecule is Cc1cc(C)c(NC(=O)CSCc2coc(-c3ccc(Cl)cc3)n2)c(C)c1. The van der Waals surface area contributed by atoms with Crippen LogP contribution in [0.2, 0.25) is 5.02 Å². The highest BCUT2D eigenvalue weighted by Gasteiger charge is 2.10. The second kappa shape index (κ2) is 8.63. The summed E-state index contributed by atoms with van der Waals surface area (Å²) in [6.07, 6.45) is 1.63. The molecule has 0 spiro atoms. The Balaban J connectivity index is 1.53. The van der Waals surface area contributed by atoms with Crippen LogP contribution in [0.5, 0.6) is 0 Å². The molecule has 1 heterocycles. The Morgan fingerprint density at radius 2 is 1.81 bits per heavy atom. The van der Waals surface area contributed by atoms with Crippen molar-refractivity contribution < 1.29 is 9.21 Å². The van der Waals surface area contributed by atoms with Crippen LogP contribution in [0.4, 0.5) is 5.69 Å². The largest absolute Gasteiger partial charge is 0.444 e. The normalized spacial score (nSPS) is 10.8. The van der Waals surface area contributed by atoms with E-state index in [0.29, 0.717) is 22.4 Å². The number of benzene rings is 2. The lowest BCUT2D eigenvalue weighted by atomic mass is 10.1. The standard InChI is InChI=1S/C21H21ClN2O2S/c1-13-8-14(2)20(15(3)9-13)24-19(25)12-27-11-18-10-26-21(23-18)16-4-6-17(22)7-5-16/h4-10H,11-12H2,1-3H3,(H,24,25). The average Bonchev–Trinajstić information content (AvgIpc) is 3.07. The monoisotopic (exact) mass is 400 g/mol. The van der Waals surface area contributed by atoms with E-state index >= 15 is 0 Å². The van der Waals surface area contributed by atoms with E-state index in [-0.39, 0.29) is 5.91 Å². The van der Waals surface area contributed by atoms with Gasteiger partial charge in [0.15, 0.2) is 0 Å². The fourth-order valence-corrected chi connectivity index (χ4v) is 3.73. The number of nitrogens with one attached hydrogen (secondary N) is 1. The Labute approximate surface area is 168 Å². The van der Waals surface area contributed by atoms with Gasteiger partial charge >= 0.3 is 0 Å². The maximum Gasteiger partial charge on any atom is 0.234 e. The van der Waals surface area contributed by atoms with Crippen LogP contribution in [-0.2, 0) is 10.5 Å². The Hall–Kier alpha value is -2.24. The van der Waals surface area contributed by atoms with E-state index in [1.807, 2.05) is 26.0 Å². The third-order valence-corrected chi connectivity index (χ3v) is 5.29. The van der Waals surface area contributed by atoms with E-state index in [0.717, 1.165) is 28.1 Å². The summed E-state index contributed by atoms with van der Waals surface area (Å²) >= 11 is 7.40. The van der Waals surface area contributed by atoms with E-state index in [1.165, 1.54) is 17.3 Å². The van der Waals surface area contributed by atoms with Gasteiger partial charge in [0, 0.05) is 22.0 Å². The lowest BCUT2D eigenvalue weighted by molar-refractivity contribution is -0.113. The minimum absolute atomic E-state index is 0.0172. The molecule has 0 aliphatic heterocycles. The zero-order chi connectivity index (χ0) is 19.4. The number of aromatic nitrogens is 1. The molecule has 0 saturated heterocycles. The van der Waals surface area contributed by atoms with Gasteiger partial charge in [0.05, 0.1) is 11.4 Å². The molecular formula is C21H21ClN2O2S. The summed E-state index contributed by atoms with van der Waals surface area (Å²) in [5.41, 5.74) is 5.93. The number of hydrogen-bond donors (Lipinski definition) is 1. The highest BCUT2D eigenvalue weighted by atomic mass is 35.5. The van der Waals surface area contributed by atoms with E-state index in [9.17, 15) is 4.79 Å². The van der Waals surface area contributed by atoms with Gasteiger partial charge in [0.1, 0.15) is 6.26 Å². The molecule has 0 saturated carbocycles. The number of aryl methyl sites for hydroxylation is 3. The molecule has 0 fully saturated rings. The van der Waals surface area contributed by atoms with Crippen LogP contribution < -0.4 is 5.32 Å². The van der Waals surface area contributed by atoms with Gasteiger partial charge in [0.2, 0.25) is 11.8 Å². The third kappa shape index (κ3) is 5.15. The number of carbonyl (C=O) groups excluding carboxylic acids is 1. The number of rotatable bonds is 6. The van der Waals surface area contributed by atoms with Gasteiger partial charge in [-0.25, -0.2) is 4.98 Å². The highest BCUT2D eigenvalue weighted by molar-refractivity contribution is 7.99. The first-order valence-electron chi connectivity index (χ1n) is 8.58. The van der Waals surface area contributed by atoms with Gasteiger partial charge in [-0.2, -0.15) is 0 Å². The van der Waals surface area contributed by atoms with Crippen molar-refractivity contribution in [3.05, 3.63) is 70.1 Å². The Morgan fingerprint density at radius 1 is 1.15 bits per heavy atom. The minimum atomic E-state index is -0.0172. The first-order valence-corrected chi connectivity index (χ1v) is 10.1. The van der Waals surface area contributed by atoms with Crippen LogP contribution >= 0.6 is 23.4 Å². The molecular weight excluding hydrogens is 380 g/mol. The van der Waals surface area contributed by atoms with Crippen LogP contribution in [0.3, 0.4) is 0 Å². The molecule has 0 atom stereocenters. The summed E-state index contributed by atoms with van der Waals surface area (Å²) in [4.78, 5) is 16.7. The number of anilines is 1. The van der Waals surface area contributed by atoms with Crippen LogP contribution in [0.25, 0.3) is 11.5 Å². The maximum absolute atomic E-state index is 12.3. The molecule has 6 heteroatoms. The van der Waals surface area contributed by atoms with Gasteiger partial charge < -0.3 is 9.73 Å². The van der Waals surface area contributed by atoms with Crippen molar-refractivity contribution in [3.8, 4) is 11.5 Å². The fourth-order valence-electron chi connectivity index (χ4n) is 2.90. The first-order chi connectivity index (χ1) is 12.9. The third-order valence-electron chi connectivity index (χ3n) is 4.07. The predicted molar refractivity (Wildman–Crippen MR) is 112 cm³/mol. The molecule has 4 nitrogen and oxygen atoms in total. The average molecular weight is 401 g/mol. The van der Waals surface area contributed by atoms with Crippen molar-refractivity contribution in [2.75, 3.05) is 11.1 Å². The fraction of sp³-hybridized carbons (Fsp3) is 0.238. The molecule has 1 amide bonds. The summed E-state index contributed by atoms with van der Waals surface area (Å²) in [6.45, 7) is 6.07. The minimum Gasteiger partial charge on any atom is -0.444 e. The van der Waals surface area contributed by atoms with E-state index in [4.69, 9.17) is 16.0 Å². The van der Waals surface area contributed by atoms with Gasteiger partial charge in [0.25, 0.3) is 0 Å².